The molecule has 0 saturated heterocycles. The van der Waals surface area contributed by atoms with E-state index < -0.39 is 12.8 Å². The molecule has 5 heteroatoms. The Morgan fingerprint density at radius 1 is 1.28 bits per heavy atom. The maximum atomic E-state index is 11.9. The lowest BCUT2D eigenvalue weighted by atomic mass is 9.94. The van der Waals surface area contributed by atoms with Crippen LogP contribution in [0.2, 0.25) is 0 Å². The summed E-state index contributed by atoms with van der Waals surface area (Å²) in [7, 11) is 0. The topological polar surface area (TPSA) is 9.23 Å². The van der Waals surface area contributed by atoms with Gasteiger partial charge in [0, 0.05) is 12.5 Å². The fourth-order valence-corrected chi connectivity index (χ4v) is 2.09. The molecule has 0 radical (unpaired) electrons. The quantitative estimate of drug-likeness (QED) is 0.558. The van der Waals surface area contributed by atoms with Crippen LogP contribution in [0, 0.1) is 6.92 Å². The molecule has 0 heterocycles. The second kappa shape index (κ2) is 7.00. The molecule has 0 aromatic heterocycles. The van der Waals surface area contributed by atoms with Gasteiger partial charge in [-0.3, -0.25) is 0 Å². The number of aryl methyl sites for hydroxylation is 1. The fraction of sp³-hybridized carbons (Fsp3) is 0.538. The minimum atomic E-state index is -4.26. The van der Waals surface area contributed by atoms with Crippen LogP contribution in [0.1, 0.15) is 23.5 Å². The van der Waals surface area contributed by atoms with Gasteiger partial charge in [-0.25, -0.2) is 0 Å². The molecule has 0 saturated carbocycles. The second-order valence-electron chi connectivity index (χ2n) is 4.16. The first-order chi connectivity index (χ1) is 8.44. The summed E-state index contributed by atoms with van der Waals surface area (Å²) in [6.07, 6.45) is -3.77. The van der Waals surface area contributed by atoms with Crippen molar-refractivity contribution < 1.29 is 17.9 Å². The Morgan fingerprint density at radius 3 is 2.50 bits per heavy atom. The van der Waals surface area contributed by atoms with Crippen LogP contribution >= 0.6 is 11.6 Å². The number of rotatable bonds is 6. The first-order valence-electron chi connectivity index (χ1n) is 5.70. The van der Waals surface area contributed by atoms with E-state index in [1.807, 2.05) is 31.2 Å². The summed E-state index contributed by atoms with van der Waals surface area (Å²) in [5, 5.41) is 0. The van der Waals surface area contributed by atoms with E-state index in [1.54, 1.807) is 0 Å². The third-order valence-corrected chi connectivity index (χ3v) is 3.06. The van der Waals surface area contributed by atoms with Gasteiger partial charge in [-0.1, -0.05) is 24.3 Å². The number of hydrogen-bond acceptors (Lipinski definition) is 1. The smallest absolute Gasteiger partial charge is 0.372 e. The maximum Gasteiger partial charge on any atom is 0.411 e. The standard InChI is InChI=1S/C13H16ClF3O/c1-10-4-2-3-5-12(10)11(8-14)6-7-18-9-13(15,16)17/h2-5,11H,6-9H2,1H3. The van der Waals surface area contributed by atoms with Crippen molar-refractivity contribution in [3.8, 4) is 0 Å². The molecule has 0 aliphatic rings. The third kappa shape index (κ3) is 5.27. The molecule has 0 spiro atoms. The van der Waals surface area contributed by atoms with Gasteiger partial charge in [0.2, 0.25) is 0 Å². The molecule has 0 amide bonds. The van der Waals surface area contributed by atoms with Crippen molar-refractivity contribution >= 4 is 11.6 Å². The monoisotopic (exact) mass is 280 g/mol. The normalized spacial score (nSPS) is 13.6. The van der Waals surface area contributed by atoms with Crippen LogP contribution in [-0.2, 0) is 4.74 Å². The van der Waals surface area contributed by atoms with Crippen LogP contribution in [-0.4, -0.2) is 25.3 Å². The molecule has 0 aliphatic heterocycles. The third-order valence-electron chi connectivity index (χ3n) is 2.69. The van der Waals surface area contributed by atoms with E-state index in [-0.39, 0.29) is 12.5 Å². The van der Waals surface area contributed by atoms with Crippen LogP contribution < -0.4 is 0 Å². The highest BCUT2D eigenvalue weighted by Gasteiger charge is 2.27. The molecular formula is C13H16ClF3O. The van der Waals surface area contributed by atoms with E-state index >= 15 is 0 Å². The van der Waals surface area contributed by atoms with E-state index in [2.05, 4.69) is 4.74 Å². The number of benzene rings is 1. The Kier molecular flexibility index (Phi) is 5.96. The highest BCUT2D eigenvalue weighted by atomic mass is 35.5. The SMILES string of the molecule is Cc1ccccc1C(CCl)CCOCC(F)(F)F. The van der Waals surface area contributed by atoms with Crippen molar-refractivity contribution in [3.63, 3.8) is 0 Å². The van der Waals surface area contributed by atoms with Crippen molar-refractivity contribution in [3.05, 3.63) is 35.4 Å². The van der Waals surface area contributed by atoms with E-state index in [0.717, 1.165) is 11.1 Å². The molecule has 0 N–H and O–H groups in total. The van der Waals surface area contributed by atoms with E-state index in [0.29, 0.717) is 12.3 Å². The second-order valence-corrected chi connectivity index (χ2v) is 4.47. The molecular weight excluding hydrogens is 265 g/mol. The van der Waals surface area contributed by atoms with Crippen LogP contribution in [0.3, 0.4) is 0 Å². The molecule has 1 unspecified atom stereocenters. The van der Waals surface area contributed by atoms with Gasteiger partial charge in [-0.2, -0.15) is 13.2 Å². The van der Waals surface area contributed by atoms with Gasteiger partial charge in [-0.05, 0) is 30.4 Å². The van der Waals surface area contributed by atoms with Crippen LogP contribution in [0.25, 0.3) is 0 Å². The number of hydrogen-bond donors (Lipinski definition) is 0. The molecule has 1 aromatic rings. The zero-order valence-electron chi connectivity index (χ0n) is 10.1. The lowest BCUT2D eigenvalue weighted by Gasteiger charge is -2.17. The minimum absolute atomic E-state index is 0.0288. The minimum Gasteiger partial charge on any atom is -0.372 e. The Labute approximate surface area is 110 Å². The molecule has 0 aliphatic carbocycles. The Morgan fingerprint density at radius 2 is 1.94 bits per heavy atom. The Hall–Kier alpha value is -0.740. The molecule has 1 atom stereocenters. The van der Waals surface area contributed by atoms with Gasteiger partial charge < -0.3 is 4.74 Å². The van der Waals surface area contributed by atoms with E-state index in [4.69, 9.17) is 11.6 Å². The highest BCUT2D eigenvalue weighted by molar-refractivity contribution is 6.18. The van der Waals surface area contributed by atoms with Crippen molar-refractivity contribution in [2.24, 2.45) is 0 Å². The van der Waals surface area contributed by atoms with E-state index in [1.165, 1.54) is 0 Å². The average Bonchev–Trinajstić information content (AvgIpc) is 2.29. The van der Waals surface area contributed by atoms with Crippen molar-refractivity contribution in [2.75, 3.05) is 19.1 Å². The first kappa shape index (κ1) is 15.3. The summed E-state index contributed by atoms with van der Waals surface area (Å²) < 4.78 is 40.3. The van der Waals surface area contributed by atoms with Gasteiger partial charge in [0.15, 0.2) is 0 Å². The zero-order valence-corrected chi connectivity index (χ0v) is 10.9. The largest absolute Gasteiger partial charge is 0.411 e. The first-order valence-corrected chi connectivity index (χ1v) is 6.23. The lowest BCUT2D eigenvalue weighted by molar-refractivity contribution is -0.174. The van der Waals surface area contributed by atoms with Gasteiger partial charge in [-0.15, -0.1) is 11.6 Å². The van der Waals surface area contributed by atoms with Crippen molar-refractivity contribution in [1.29, 1.82) is 0 Å². The van der Waals surface area contributed by atoms with Crippen LogP contribution in [0.4, 0.5) is 13.2 Å². The van der Waals surface area contributed by atoms with Crippen LogP contribution in [0.15, 0.2) is 24.3 Å². The summed E-state index contributed by atoms with van der Waals surface area (Å²) in [6.45, 7) is 0.826. The van der Waals surface area contributed by atoms with Gasteiger partial charge in [0.05, 0.1) is 0 Å². The molecule has 0 fully saturated rings. The average molecular weight is 281 g/mol. The Balaban J connectivity index is 2.46. The van der Waals surface area contributed by atoms with Gasteiger partial charge in [0.1, 0.15) is 6.61 Å². The fourth-order valence-electron chi connectivity index (χ4n) is 1.77. The maximum absolute atomic E-state index is 11.9. The molecule has 1 aromatic carbocycles. The Bertz CT molecular complexity index is 365. The van der Waals surface area contributed by atoms with Gasteiger partial charge in [0.25, 0.3) is 0 Å². The zero-order chi connectivity index (χ0) is 13.6. The highest BCUT2D eigenvalue weighted by Crippen LogP contribution is 2.24. The predicted molar refractivity (Wildman–Crippen MR) is 66.1 cm³/mol. The number of ether oxygens (including phenoxy) is 1. The summed E-state index contributed by atoms with van der Waals surface area (Å²) in [4.78, 5) is 0. The number of alkyl halides is 4. The van der Waals surface area contributed by atoms with Crippen molar-refractivity contribution in [1.82, 2.24) is 0 Å². The molecule has 102 valence electrons. The molecule has 1 rings (SSSR count). The van der Waals surface area contributed by atoms with Gasteiger partial charge >= 0.3 is 6.18 Å². The summed E-state index contributed by atoms with van der Waals surface area (Å²) in [6, 6.07) is 7.74. The predicted octanol–water partition coefficient (Wildman–Crippen LogP) is 4.29. The molecule has 0 bridgehead atoms. The summed E-state index contributed by atoms with van der Waals surface area (Å²) >= 11 is 5.87. The van der Waals surface area contributed by atoms with Crippen LogP contribution in [0.5, 0.6) is 0 Å². The van der Waals surface area contributed by atoms with Crippen molar-refractivity contribution in [2.45, 2.75) is 25.4 Å². The molecule has 1 nitrogen and oxygen atoms in total. The number of halogens is 4. The lowest BCUT2D eigenvalue weighted by Crippen LogP contribution is -2.18. The molecule has 18 heavy (non-hydrogen) atoms. The summed E-state index contributed by atoms with van der Waals surface area (Å²) in [5.41, 5.74) is 2.17. The summed E-state index contributed by atoms with van der Waals surface area (Å²) in [5.74, 6) is 0.404. The van der Waals surface area contributed by atoms with E-state index in [9.17, 15) is 13.2 Å².